The van der Waals surface area contributed by atoms with Crippen LogP contribution in [0, 0.1) is 0 Å². The number of rotatable bonds is 2. The first-order chi connectivity index (χ1) is 8.78. The minimum Gasteiger partial charge on any atom is -0.486 e. The third-order valence-corrected chi connectivity index (χ3v) is 2.89. The zero-order valence-corrected chi connectivity index (χ0v) is 10.1. The van der Waals surface area contributed by atoms with Crippen LogP contribution in [0.3, 0.4) is 0 Å². The topological polar surface area (TPSA) is 56.5 Å². The van der Waals surface area contributed by atoms with Crippen LogP contribution in [0.4, 0.5) is 0 Å². The van der Waals surface area contributed by atoms with Gasteiger partial charge in [-0.3, -0.25) is 0 Å². The average Bonchev–Trinajstić information content (AvgIpc) is 2.79. The van der Waals surface area contributed by atoms with Crippen molar-refractivity contribution in [1.29, 1.82) is 0 Å². The molecular formula is C13H14N2O3. The molecule has 0 atom stereocenters. The van der Waals surface area contributed by atoms with Gasteiger partial charge < -0.3 is 19.1 Å². The third kappa shape index (κ3) is 1.82. The second-order valence-corrected chi connectivity index (χ2v) is 4.18. The van der Waals surface area contributed by atoms with Crippen molar-refractivity contribution in [3.63, 3.8) is 0 Å². The van der Waals surface area contributed by atoms with E-state index in [2.05, 4.69) is 4.98 Å². The molecule has 2 aromatic rings. The molecule has 1 aliphatic rings. The zero-order chi connectivity index (χ0) is 12.5. The second-order valence-electron chi connectivity index (χ2n) is 4.18. The lowest BCUT2D eigenvalue weighted by molar-refractivity contribution is 0.171. The maximum absolute atomic E-state index is 9.09. The summed E-state index contributed by atoms with van der Waals surface area (Å²) in [4.78, 5) is 4.36. The monoisotopic (exact) mass is 246 g/mol. The lowest BCUT2D eigenvalue weighted by Gasteiger charge is -2.18. The molecule has 1 aromatic heterocycles. The lowest BCUT2D eigenvalue weighted by atomic mass is 10.2. The highest BCUT2D eigenvalue weighted by Gasteiger charge is 2.14. The van der Waals surface area contributed by atoms with E-state index in [9.17, 15) is 0 Å². The largest absolute Gasteiger partial charge is 0.486 e. The fourth-order valence-electron chi connectivity index (χ4n) is 2.06. The van der Waals surface area contributed by atoms with Crippen LogP contribution in [0.25, 0.3) is 11.4 Å². The highest BCUT2D eigenvalue weighted by atomic mass is 16.6. The number of nitrogens with zero attached hydrogens (tertiary/aromatic N) is 2. The fraction of sp³-hybridized carbons (Fsp3) is 0.308. The van der Waals surface area contributed by atoms with Crippen molar-refractivity contribution in [3.05, 3.63) is 30.1 Å². The lowest BCUT2D eigenvalue weighted by Crippen LogP contribution is -2.15. The summed E-state index contributed by atoms with van der Waals surface area (Å²) in [6.45, 7) is 1.10. The summed E-state index contributed by atoms with van der Waals surface area (Å²) in [5.41, 5.74) is 1.60. The fourth-order valence-corrected chi connectivity index (χ4v) is 2.06. The number of aromatic nitrogens is 2. The normalized spacial score (nSPS) is 13.7. The molecule has 1 N–H and O–H groups in total. The molecule has 1 aliphatic heterocycles. The molecular weight excluding hydrogens is 232 g/mol. The number of fused-ring (bicyclic) bond motifs is 1. The molecule has 0 fully saturated rings. The highest BCUT2D eigenvalue weighted by molar-refractivity contribution is 5.62. The third-order valence-electron chi connectivity index (χ3n) is 2.89. The van der Waals surface area contributed by atoms with Crippen molar-refractivity contribution >= 4 is 0 Å². The molecule has 2 heterocycles. The Bertz CT molecular complexity index is 578. The van der Waals surface area contributed by atoms with Crippen LogP contribution in [0.1, 0.15) is 5.69 Å². The number of benzene rings is 1. The first-order valence-corrected chi connectivity index (χ1v) is 5.81. The number of aryl methyl sites for hydroxylation is 1. The van der Waals surface area contributed by atoms with Gasteiger partial charge in [0, 0.05) is 18.8 Å². The van der Waals surface area contributed by atoms with Gasteiger partial charge >= 0.3 is 0 Å². The summed E-state index contributed by atoms with van der Waals surface area (Å²) in [7, 11) is 1.90. The van der Waals surface area contributed by atoms with E-state index < -0.39 is 0 Å². The molecule has 3 rings (SSSR count). The molecule has 0 aliphatic carbocycles. The van der Waals surface area contributed by atoms with Gasteiger partial charge in [0.25, 0.3) is 0 Å². The Morgan fingerprint density at radius 1 is 1.28 bits per heavy atom. The molecule has 0 spiro atoms. The minimum absolute atomic E-state index is 0.0572. The van der Waals surface area contributed by atoms with E-state index >= 15 is 0 Å². The van der Waals surface area contributed by atoms with E-state index in [1.165, 1.54) is 0 Å². The van der Waals surface area contributed by atoms with E-state index in [1.807, 2.05) is 36.0 Å². The summed E-state index contributed by atoms with van der Waals surface area (Å²) < 4.78 is 12.9. The molecule has 0 unspecified atom stereocenters. The standard InChI is InChI=1S/C13H14N2O3/c1-15-7-10(8-16)14-13(15)9-2-3-11-12(6-9)18-5-4-17-11/h2-3,6-7,16H,4-5,8H2,1H3. The van der Waals surface area contributed by atoms with E-state index in [4.69, 9.17) is 14.6 Å². The van der Waals surface area contributed by atoms with Crippen molar-refractivity contribution in [2.75, 3.05) is 13.2 Å². The van der Waals surface area contributed by atoms with Crippen LogP contribution >= 0.6 is 0 Å². The first kappa shape index (κ1) is 11.1. The zero-order valence-electron chi connectivity index (χ0n) is 10.1. The van der Waals surface area contributed by atoms with Gasteiger partial charge in [-0.15, -0.1) is 0 Å². The van der Waals surface area contributed by atoms with Gasteiger partial charge in [0.15, 0.2) is 11.5 Å². The Morgan fingerprint density at radius 3 is 2.78 bits per heavy atom. The van der Waals surface area contributed by atoms with Gasteiger partial charge in [0.05, 0.1) is 12.3 Å². The summed E-state index contributed by atoms with van der Waals surface area (Å²) in [5, 5.41) is 9.09. The summed E-state index contributed by atoms with van der Waals surface area (Å²) in [6.07, 6.45) is 1.81. The van der Waals surface area contributed by atoms with Gasteiger partial charge in [0.2, 0.25) is 0 Å². The van der Waals surface area contributed by atoms with Gasteiger partial charge in [-0.1, -0.05) is 0 Å². The molecule has 0 amide bonds. The second kappa shape index (κ2) is 4.34. The minimum atomic E-state index is -0.0572. The van der Waals surface area contributed by atoms with E-state index in [0.717, 1.165) is 22.9 Å². The SMILES string of the molecule is Cn1cc(CO)nc1-c1ccc2c(c1)OCCO2. The quantitative estimate of drug-likeness (QED) is 0.869. The van der Waals surface area contributed by atoms with Crippen molar-refractivity contribution in [3.8, 4) is 22.9 Å². The maximum Gasteiger partial charge on any atom is 0.162 e. The molecule has 1 aromatic carbocycles. The summed E-state index contributed by atoms with van der Waals surface area (Å²) in [6, 6.07) is 5.74. The van der Waals surface area contributed by atoms with Gasteiger partial charge in [0.1, 0.15) is 19.0 Å². The Labute approximate surface area is 105 Å². The van der Waals surface area contributed by atoms with Crippen molar-refractivity contribution in [2.45, 2.75) is 6.61 Å². The van der Waals surface area contributed by atoms with Crippen molar-refractivity contribution in [1.82, 2.24) is 9.55 Å². The summed E-state index contributed by atoms with van der Waals surface area (Å²) >= 11 is 0. The molecule has 5 nitrogen and oxygen atoms in total. The predicted octanol–water partition coefficient (Wildman–Crippen LogP) is 1.35. The molecule has 0 saturated carbocycles. The highest BCUT2D eigenvalue weighted by Crippen LogP contribution is 2.34. The summed E-state index contributed by atoms with van der Waals surface area (Å²) in [5.74, 6) is 2.31. The van der Waals surface area contributed by atoms with Gasteiger partial charge in [-0.25, -0.2) is 4.98 Å². The number of aliphatic hydroxyl groups excluding tert-OH is 1. The van der Waals surface area contributed by atoms with Crippen LogP contribution in [0.5, 0.6) is 11.5 Å². The molecule has 94 valence electrons. The first-order valence-electron chi connectivity index (χ1n) is 5.81. The van der Waals surface area contributed by atoms with Gasteiger partial charge in [-0.05, 0) is 18.2 Å². The van der Waals surface area contributed by atoms with Crippen LogP contribution in [-0.4, -0.2) is 27.9 Å². The number of hydrogen-bond acceptors (Lipinski definition) is 4. The van der Waals surface area contributed by atoms with Gasteiger partial charge in [-0.2, -0.15) is 0 Å². The van der Waals surface area contributed by atoms with Crippen LogP contribution in [0.2, 0.25) is 0 Å². The van der Waals surface area contributed by atoms with E-state index in [0.29, 0.717) is 18.9 Å². The average molecular weight is 246 g/mol. The number of ether oxygens (including phenoxy) is 2. The van der Waals surface area contributed by atoms with E-state index in [-0.39, 0.29) is 6.61 Å². The molecule has 18 heavy (non-hydrogen) atoms. The van der Waals surface area contributed by atoms with Crippen LogP contribution in [0.15, 0.2) is 24.4 Å². The molecule has 0 radical (unpaired) electrons. The maximum atomic E-state index is 9.09. The van der Waals surface area contributed by atoms with E-state index in [1.54, 1.807) is 0 Å². The van der Waals surface area contributed by atoms with Crippen LogP contribution < -0.4 is 9.47 Å². The van der Waals surface area contributed by atoms with Crippen molar-refractivity contribution < 1.29 is 14.6 Å². The predicted molar refractivity (Wildman–Crippen MR) is 65.6 cm³/mol. The number of imidazole rings is 1. The Morgan fingerprint density at radius 2 is 2.06 bits per heavy atom. The Kier molecular flexibility index (Phi) is 2.68. The van der Waals surface area contributed by atoms with Crippen molar-refractivity contribution in [2.24, 2.45) is 7.05 Å². The number of hydrogen-bond donors (Lipinski definition) is 1. The molecule has 5 heteroatoms. The smallest absolute Gasteiger partial charge is 0.162 e. The van der Waals surface area contributed by atoms with Crippen LogP contribution in [-0.2, 0) is 13.7 Å². The number of aliphatic hydroxyl groups is 1. The Hall–Kier alpha value is -2.01. The molecule has 0 bridgehead atoms. The Balaban J connectivity index is 2.03. The molecule has 0 saturated heterocycles.